The van der Waals surface area contributed by atoms with E-state index < -0.39 is 0 Å². The number of hydrogen-bond acceptors (Lipinski definition) is 1. The van der Waals surface area contributed by atoms with Gasteiger partial charge < -0.3 is 4.90 Å². The summed E-state index contributed by atoms with van der Waals surface area (Å²) in [4.78, 5) is 2.26. The zero-order valence-electron chi connectivity index (χ0n) is 11.9. The zero-order valence-corrected chi connectivity index (χ0v) is 11.9. The first-order valence-electron chi connectivity index (χ1n) is 7.13. The van der Waals surface area contributed by atoms with Crippen LogP contribution in [0.25, 0.3) is 0 Å². The van der Waals surface area contributed by atoms with Gasteiger partial charge in [-0.05, 0) is 36.8 Å². The molecule has 1 nitrogen and oxygen atoms in total. The van der Waals surface area contributed by atoms with Crippen LogP contribution in [-0.2, 0) is 0 Å². The summed E-state index contributed by atoms with van der Waals surface area (Å²) in [7, 11) is 0. The molecule has 1 unspecified atom stereocenters. The molecule has 0 saturated carbocycles. The average molecular weight is 272 g/mol. The van der Waals surface area contributed by atoms with Gasteiger partial charge in [-0.2, -0.15) is 0 Å². The lowest BCUT2D eigenvalue weighted by atomic mass is 10.0. The molecule has 0 bridgehead atoms. The van der Waals surface area contributed by atoms with E-state index >= 15 is 0 Å². The van der Waals surface area contributed by atoms with Gasteiger partial charge in [0.15, 0.2) is 0 Å². The smallest absolute Gasteiger partial charge is 0.0592 e. The maximum Gasteiger partial charge on any atom is 0.0592 e. The molecule has 3 aromatic carbocycles. The van der Waals surface area contributed by atoms with E-state index in [9.17, 15) is 0 Å². The van der Waals surface area contributed by atoms with Crippen LogP contribution in [0.3, 0.4) is 0 Å². The number of nitrogens with zero attached hydrogens (tertiary/aromatic N) is 1. The third-order valence-electron chi connectivity index (χ3n) is 3.56. The van der Waals surface area contributed by atoms with Crippen molar-refractivity contribution in [1.82, 2.24) is 0 Å². The predicted octanol–water partition coefficient (Wildman–Crippen LogP) is 5.40. The molecule has 0 saturated heterocycles. The third-order valence-corrected chi connectivity index (χ3v) is 3.56. The summed E-state index contributed by atoms with van der Waals surface area (Å²) in [6, 6.07) is 31.2. The van der Waals surface area contributed by atoms with Crippen LogP contribution in [0.5, 0.6) is 0 Å². The summed E-state index contributed by atoms with van der Waals surface area (Å²) in [6.07, 6.45) is 0. The molecule has 0 aliphatic heterocycles. The van der Waals surface area contributed by atoms with Crippen LogP contribution in [0.1, 0.15) is 11.6 Å². The van der Waals surface area contributed by atoms with Gasteiger partial charge in [-0.3, -0.25) is 0 Å². The summed E-state index contributed by atoms with van der Waals surface area (Å²) in [5, 5.41) is 0. The Labute approximate surface area is 126 Å². The molecular weight excluding hydrogens is 254 g/mol. The molecule has 3 aromatic rings. The maximum absolute atomic E-state index is 4.39. The summed E-state index contributed by atoms with van der Waals surface area (Å²) in [5.41, 5.74) is 3.49. The van der Waals surface area contributed by atoms with Crippen molar-refractivity contribution in [2.24, 2.45) is 0 Å². The maximum atomic E-state index is 4.39. The van der Waals surface area contributed by atoms with Gasteiger partial charge in [0, 0.05) is 11.4 Å². The minimum atomic E-state index is 0.0241. The Bertz CT molecular complexity index is 622. The second-order valence-electron chi connectivity index (χ2n) is 4.97. The van der Waals surface area contributed by atoms with Crippen molar-refractivity contribution in [2.45, 2.75) is 6.04 Å². The fourth-order valence-corrected chi connectivity index (χ4v) is 2.51. The molecule has 103 valence electrons. The van der Waals surface area contributed by atoms with Gasteiger partial charge >= 0.3 is 0 Å². The van der Waals surface area contributed by atoms with Gasteiger partial charge in [-0.15, -0.1) is 0 Å². The molecule has 1 heteroatoms. The average Bonchev–Trinajstić information content (AvgIpc) is 2.58. The quantitative estimate of drug-likeness (QED) is 0.614. The van der Waals surface area contributed by atoms with Gasteiger partial charge in [0.1, 0.15) is 0 Å². The summed E-state index contributed by atoms with van der Waals surface area (Å²) in [5.74, 6) is 0. The molecule has 1 atom stereocenters. The number of anilines is 2. The molecule has 1 radical (unpaired) electrons. The van der Waals surface area contributed by atoms with E-state index in [0.717, 1.165) is 11.4 Å². The van der Waals surface area contributed by atoms with Crippen LogP contribution in [0.15, 0.2) is 91.0 Å². The molecule has 21 heavy (non-hydrogen) atoms. The van der Waals surface area contributed by atoms with Crippen molar-refractivity contribution in [1.29, 1.82) is 0 Å². The second kappa shape index (κ2) is 6.27. The Morgan fingerprint density at radius 3 is 1.38 bits per heavy atom. The Balaban J connectivity index is 2.05. The van der Waals surface area contributed by atoms with Gasteiger partial charge in [0.25, 0.3) is 0 Å². The van der Waals surface area contributed by atoms with E-state index in [1.54, 1.807) is 0 Å². The van der Waals surface area contributed by atoms with Crippen molar-refractivity contribution in [3.8, 4) is 0 Å². The van der Waals surface area contributed by atoms with E-state index in [-0.39, 0.29) is 6.04 Å². The molecule has 0 heterocycles. The standard InChI is InChI=1S/C20H18N/c1-17(18-11-5-2-6-12-18)21(19-13-7-3-8-14-19)20-15-9-4-10-16-20/h2-17H,1H2. The van der Waals surface area contributed by atoms with Crippen molar-refractivity contribution < 1.29 is 0 Å². The first kappa shape index (κ1) is 13.4. The molecule has 3 rings (SSSR count). The van der Waals surface area contributed by atoms with E-state index in [2.05, 4.69) is 84.6 Å². The first-order chi connectivity index (χ1) is 10.4. The highest BCUT2D eigenvalue weighted by Gasteiger charge is 2.17. The molecule has 0 spiro atoms. The number of benzene rings is 3. The third kappa shape index (κ3) is 2.97. The lowest BCUT2D eigenvalue weighted by molar-refractivity contribution is 0.847. The Kier molecular flexibility index (Phi) is 4.02. The molecular formula is C20H18N. The first-order valence-corrected chi connectivity index (χ1v) is 7.13. The van der Waals surface area contributed by atoms with Crippen LogP contribution in [-0.4, -0.2) is 0 Å². The number of para-hydroxylation sites is 2. The second-order valence-corrected chi connectivity index (χ2v) is 4.97. The van der Waals surface area contributed by atoms with Crippen molar-refractivity contribution in [2.75, 3.05) is 4.90 Å². The summed E-state index contributed by atoms with van der Waals surface area (Å²) in [6.45, 7) is 4.39. The Hall–Kier alpha value is -2.54. The minimum absolute atomic E-state index is 0.0241. The van der Waals surface area contributed by atoms with Gasteiger partial charge in [0.2, 0.25) is 0 Å². The fourth-order valence-electron chi connectivity index (χ4n) is 2.51. The van der Waals surface area contributed by atoms with E-state index in [4.69, 9.17) is 0 Å². The van der Waals surface area contributed by atoms with Crippen molar-refractivity contribution in [3.63, 3.8) is 0 Å². The van der Waals surface area contributed by atoms with Gasteiger partial charge in [0.05, 0.1) is 6.04 Å². The number of rotatable bonds is 4. The molecule has 0 fully saturated rings. The lowest BCUT2D eigenvalue weighted by Crippen LogP contribution is -2.21. The highest BCUT2D eigenvalue weighted by molar-refractivity contribution is 5.65. The largest absolute Gasteiger partial charge is 0.334 e. The Morgan fingerprint density at radius 2 is 0.952 bits per heavy atom. The van der Waals surface area contributed by atoms with Crippen LogP contribution in [0.2, 0.25) is 0 Å². The monoisotopic (exact) mass is 272 g/mol. The summed E-state index contributed by atoms with van der Waals surface area (Å²) < 4.78 is 0. The zero-order chi connectivity index (χ0) is 14.5. The predicted molar refractivity (Wildman–Crippen MR) is 89.6 cm³/mol. The molecule has 0 aliphatic rings. The van der Waals surface area contributed by atoms with Gasteiger partial charge in [-0.1, -0.05) is 66.7 Å². The SMILES string of the molecule is [CH2]C(c1ccccc1)N(c1ccccc1)c1ccccc1. The molecule has 0 aliphatic carbocycles. The summed E-state index contributed by atoms with van der Waals surface area (Å²) >= 11 is 0. The lowest BCUT2D eigenvalue weighted by Gasteiger charge is -2.31. The minimum Gasteiger partial charge on any atom is -0.334 e. The molecule has 0 N–H and O–H groups in total. The van der Waals surface area contributed by atoms with E-state index in [1.807, 2.05) is 18.2 Å². The number of hydrogen-bond donors (Lipinski definition) is 0. The normalized spacial score (nSPS) is 11.9. The van der Waals surface area contributed by atoms with E-state index in [0.29, 0.717) is 0 Å². The van der Waals surface area contributed by atoms with Gasteiger partial charge in [-0.25, -0.2) is 0 Å². The van der Waals surface area contributed by atoms with E-state index in [1.165, 1.54) is 5.56 Å². The Morgan fingerprint density at radius 1 is 0.571 bits per heavy atom. The van der Waals surface area contributed by atoms with Crippen LogP contribution in [0.4, 0.5) is 11.4 Å². The van der Waals surface area contributed by atoms with Crippen LogP contribution < -0.4 is 4.90 Å². The molecule has 0 aromatic heterocycles. The topological polar surface area (TPSA) is 3.24 Å². The fraction of sp³-hybridized carbons (Fsp3) is 0.0500. The van der Waals surface area contributed by atoms with Crippen LogP contribution in [0, 0.1) is 6.92 Å². The highest BCUT2D eigenvalue weighted by Crippen LogP contribution is 2.34. The van der Waals surface area contributed by atoms with Crippen molar-refractivity contribution in [3.05, 3.63) is 103 Å². The van der Waals surface area contributed by atoms with Crippen molar-refractivity contribution >= 4 is 11.4 Å². The van der Waals surface area contributed by atoms with Crippen LogP contribution >= 0.6 is 0 Å². The highest BCUT2D eigenvalue weighted by atomic mass is 15.2. The molecule has 0 amide bonds.